The summed E-state index contributed by atoms with van der Waals surface area (Å²) in [5.74, 6) is 0.704. The third kappa shape index (κ3) is 4.49. The molecule has 2 aromatic carbocycles. The van der Waals surface area contributed by atoms with Crippen LogP contribution >= 0.6 is 23.2 Å². The van der Waals surface area contributed by atoms with Crippen molar-refractivity contribution >= 4 is 39.1 Å². The molecule has 0 N–H and O–H groups in total. The predicted octanol–water partition coefficient (Wildman–Crippen LogP) is 4.77. The number of likely N-dealkylation sites (tertiary alicyclic amines) is 1. The number of sulfonamides is 1. The first-order valence-corrected chi connectivity index (χ1v) is 12.9. The van der Waals surface area contributed by atoms with Crippen molar-refractivity contribution in [1.82, 2.24) is 9.21 Å². The fraction of sp³-hybridized carbons (Fsp3) is 0.435. The maximum Gasteiger partial charge on any atom is 0.246 e. The number of halogens is 2. The third-order valence-electron chi connectivity index (χ3n) is 6.36. The van der Waals surface area contributed by atoms with Gasteiger partial charge in [0.15, 0.2) is 0 Å². The molecule has 0 saturated carbocycles. The Labute approximate surface area is 199 Å². The highest BCUT2D eigenvalue weighted by Crippen LogP contribution is 2.37. The quantitative estimate of drug-likeness (QED) is 0.597. The molecule has 0 aromatic heterocycles. The molecule has 2 aromatic rings. The van der Waals surface area contributed by atoms with Gasteiger partial charge in [0.1, 0.15) is 10.6 Å². The summed E-state index contributed by atoms with van der Waals surface area (Å²) in [6, 6.07) is 12.6. The van der Waals surface area contributed by atoms with E-state index in [1.54, 1.807) is 13.2 Å². The molecule has 0 bridgehead atoms. The summed E-state index contributed by atoms with van der Waals surface area (Å²) in [5.41, 5.74) is 1.10. The van der Waals surface area contributed by atoms with Gasteiger partial charge in [0.05, 0.1) is 23.2 Å². The second-order valence-electron chi connectivity index (χ2n) is 8.19. The number of piperidine rings is 1. The smallest absolute Gasteiger partial charge is 0.246 e. The highest BCUT2D eigenvalue weighted by atomic mass is 35.5. The van der Waals surface area contributed by atoms with E-state index in [0.717, 1.165) is 30.7 Å². The van der Waals surface area contributed by atoms with Gasteiger partial charge in [0.25, 0.3) is 0 Å². The van der Waals surface area contributed by atoms with Crippen molar-refractivity contribution in [2.24, 2.45) is 5.92 Å². The molecule has 32 heavy (non-hydrogen) atoms. The number of carbonyl (C=O) groups is 1. The molecule has 2 fully saturated rings. The molecule has 1 atom stereocenters. The Bertz CT molecular complexity index is 1060. The number of benzene rings is 2. The minimum Gasteiger partial charge on any atom is -0.497 e. The highest BCUT2D eigenvalue weighted by molar-refractivity contribution is 7.89. The summed E-state index contributed by atoms with van der Waals surface area (Å²) < 4.78 is 32.8. The Morgan fingerprint density at radius 2 is 1.59 bits per heavy atom. The minimum absolute atomic E-state index is 0.0529. The van der Waals surface area contributed by atoms with Crippen molar-refractivity contribution in [2.45, 2.75) is 36.6 Å². The minimum atomic E-state index is -3.82. The lowest BCUT2D eigenvalue weighted by Gasteiger charge is -2.34. The Hall–Kier alpha value is -1.80. The summed E-state index contributed by atoms with van der Waals surface area (Å²) in [4.78, 5) is 15.2. The van der Waals surface area contributed by atoms with Crippen molar-refractivity contribution in [3.8, 4) is 5.75 Å². The average Bonchev–Trinajstić information content (AvgIpc) is 3.28. The zero-order valence-electron chi connectivity index (χ0n) is 17.8. The lowest BCUT2D eigenvalue weighted by atomic mass is 9.95. The molecule has 2 aliphatic heterocycles. The molecule has 2 heterocycles. The molecule has 0 spiro atoms. The van der Waals surface area contributed by atoms with Gasteiger partial charge in [0.2, 0.25) is 15.9 Å². The zero-order chi connectivity index (χ0) is 22.9. The SMILES string of the molecule is COc1ccc([C@H]2CCCN2C(=O)C2CCN(S(=O)(=O)c3c(Cl)cccc3Cl)CC2)cc1. The first kappa shape index (κ1) is 23.4. The van der Waals surface area contributed by atoms with Crippen LogP contribution in [0.4, 0.5) is 0 Å². The van der Waals surface area contributed by atoms with E-state index in [0.29, 0.717) is 12.8 Å². The van der Waals surface area contributed by atoms with Crippen molar-refractivity contribution in [3.63, 3.8) is 0 Å². The maximum absolute atomic E-state index is 13.3. The number of rotatable bonds is 5. The topological polar surface area (TPSA) is 66.9 Å². The summed E-state index contributed by atoms with van der Waals surface area (Å²) in [7, 11) is -2.19. The number of hydrogen-bond acceptors (Lipinski definition) is 4. The predicted molar refractivity (Wildman–Crippen MR) is 125 cm³/mol. The van der Waals surface area contributed by atoms with Crippen LogP contribution < -0.4 is 4.74 Å². The summed E-state index contributed by atoms with van der Waals surface area (Å²) in [5, 5.41) is 0.213. The first-order valence-electron chi connectivity index (χ1n) is 10.7. The van der Waals surface area contributed by atoms with E-state index in [1.807, 2.05) is 29.2 Å². The lowest BCUT2D eigenvalue weighted by Crippen LogP contribution is -2.44. The Kier molecular flexibility index (Phi) is 7.00. The van der Waals surface area contributed by atoms with Crippen molar-refractivity contribution in [2.75, 3.05) is 26.7 Å². The van der Waals surface area contributed by atoms with E-state index in [4.69, 9.17) is 27.9 Å². The standard InChI is InChI=1S/C23H26Cl2N2O4S/c1-31-18-9-7-16(8-10-18)21-6-3-13-27(21)23(28)17-11-14-26(15-12-17)32(29,30)22-19(24)4-2-5-20(22)25/h2,4-5,7-10,17,21H,3,6,11-15H2,1H3/t21-/m1/s1. The molecule has 2 saturated heterocycles. The van der Waals surface area contributed by atoms with Gasteiger partial charge in [-0.25, -0.2) is 8.42 Å². The van der Waals surface area contributed by atoms with Crippen LogP contribution in [-0.2, 0) is 14.8 Å². The molecular weight excluding hydrogens is 471 g/mol. The van der Waals surface area contributed by atoms with Crippen LogP contribution in [0, 0.1) is 5.92 Å². The van der Waals surface area contributed by atoms with E-state index in [9.17, 15) is 13.2 Å². The van der Waals surface area contributed by atoms with E-state index < -0.39 is 10.0 Å². The fourth-order valence-electron chi connectivity index (χ4n) is 4.64. The van der Waals surface area contributed by atoms with E-state index in [-0.39, 0.29) is 45.9 Å². The molecule has 0 unspecified atom stereocenters. The van der Waals surface area contributed by atoms with Gasteiger partial charge in [-0.2, -0.15) is 4.31 Å². The molecule has 2 aliphatic rings. The van der Waals surface area contributed by atoms with Crippen molar-refractivity contribution < 1.29 is 17.9 Å². The number of methoxy groups -OCH3 is 1. The summed E-state index contributed by atoms with van der Waals surface area (Å²) >= 11 is 12.3. The van der Waals surface area contributed by atoms with Gasteiger partial charge < -0.3 is 9.64 Å². The van der Waals surface area contributed by atoms with E-state index in [1.165, 1.54) is 16.4 Å². The highest BCUT2D eigenvalue weighted by Gasteiger charge is 2.38. The van der Waals surface area contributed by atoms with Crippen LogP contribution in [0.1, 0.15) is 37.3 Å². The normalized spacial score (nSPS) is 20.5. The Morgan fingerprint density at radius 3 is 2.19 bits per heavy atom. The molecule has 6 nitrogen and oxygen atoms in total. The van der Waals surface area contributed by atoms with Gasteiger partial charge >= 0.3 is 0 Å². The second-order valence-corrected chi connectivity index (χ2v) is 10.9. The zero-order valence-corrected chi connectivity index (χ0v) is 20.2. The van der Waals surface area contributed by atoms with Gasteiger partial charge in [-0.1, -0.05) is 41.4 Å². The number of carbonyl (C=O) groups excluding carboxylic acids is 1. The largest absolute Gasteiger partial charge is 0.497 e. The molecular formula is C23H26Cl2N2O4S. The summed E-state index contributed by atoms with van der Waals surface area (Å²) in [6.07, 6.45) is 2.84. The lowest BCUT2D eigenvalue weighted by molar-refractivity contribution is -0.137. The van der Waals surface area contributed by atoms with Crippen LogP contribution in [0.3, 0.4) is 0 Å². The first-order chi connectivity index (χ1) is 15.3. The molecule has 9 heteroatoms. The van der Waals surface area contributed by atoms with E-state index in [2.05, 4.69) is 0 Å². The number of nitrogens with zero attached hydrogens (tertiary/aromatic N) is 2. The van der Waals surface area contributed by atoms with Crippen LogP contribution in [0.2, 0.25) is 10.0 Å². The monoisotopic (exact) mass is 496 g/mol. The summed E-state index contributed by atoms with van der Waals surface area (Å²) in [6.45, 7) is 1.26. The van der Waals surface area contributed by atoms with Crippen molar-refractivity contribution in [3.05, 3.63) is 58.1 Å². The van der Waals surface area contributed by atoms with E-state index >= 15 is 0 Å². The van der Waals surface area contributed by atoms with Crippen LogP contribution in [0.5, 0.6) is 5.75 Å². The number of hydrogen-bond donors (Lipinski definition) is 0. The van der Waals surface area contributed by atoms with Gasteiger partial charge in [-0.15, -0.1) is 0 Å². The number of ether oxygens (including phenoxy) is 1. The third-order valence-corrected chi connectivity index (χ3v) is 9.21. The molecule has 1 amide bonds. The number of amides is 1. The second kappa shape index (κ2) is 9.59. The Morgan fingerprint density at radius 1 is 0.969 bits per heavy atom. The van der Waals surface area contributed by atoms with Crippen LogP contribution in [-0.4, -0.2) is 50.3 Å². The molecule has 0 aliphatic carbocycles. The molecule has 0 radical (unpaired) electrons. The maximum atomic E-state index is 13.3. The van der Waals surface area contributed by atoms with Gasteiger partial charge in [-0.3, -0.25) is 4.79 Å². The fourth-order valence-corrected chi connectivity index (χ4v) is 7.20. The van der Waals surface area contributed by atoms with Crippen molar-refractivity contribution in [1.29, 1.82) is 0 Å². The average molecular weight is 497 g/mol. The van der Waals surface area contributed by atoms with Crippen LogP contribution in [0.25, 0.3) is 0 Å². The van der Waals surface area contributed by atoms with Crippen LogP contribution in [0.15, 0.2) is 47.4 Å². The van der Waals surface area contributed by atoms with Gasteiger partial charge in [-0.05, 0) is 55.5 Å². The molecule has 4 rings (SSSR count). The van der Waals surface area contributed by atoms with Gasteiger partial charge in [0, 0.05) is 25.6 Å². The Balaban J connectivity index is 1.44. The molecule has 172 valence electrons.